The monoisotopic (exact) mass is 424 g/mol. The van der Waals surface area contributed by atoms with E-state index in [0.29, 0.717) is 17.8 Å². The molecular weight excluding hydrogens is 400 g/mol. The summed E-state index contributed by atoms with van der Waals surface area (Å²) in [6, 6.07) is 10.2. The number of rotatable bonds is 5. The van der Waals surface area contributed by atoms with Crippen LogP contribution in [0, 0.1) is 6.92 Å². The van der Waals surface area contributed by atoms with Crippen molar-refractivity contribution in [3.8, 4) is 0 Å². The van der Waals surface area contributed by atoms with Gasteiger partial charge in [0.05, 0.1) is 17.0 Å². The van der Waals surface area contributed by atoms with Crippen molar-refractivity contribution >= 4 is 28.8 Å². The minimum atomic E-state index is -0.318. The highest BCUT2D eigenvalue weighted by Crippen LogP contribution is 2.16. The lowest BCUT2D eigenvalue weighted by Gasteiger charge is -2.21. The zero-order valence-corrected chi connectivity index (χ0v) is 17.7. The van der Waals surface area contributed by atoms with Crippen molar-refractivity contribution in [2.75, 3.05) is 31.5 Å². The van der Waals surface area contributed by atoms with Gasteiger partial charge in [0.25, 0.3) is 11.8 Å². The first kappa shape index (κ1) is 20.3. The number of amides is 2. The Labute approximate surface area is 179 Å². The lowest BCUT2D eigenvalue weighted by molar-refractivity contribution is 0.0761. The summed E-state index contributed by atoms with van der Waals surface area (Å²) >= 11 is 1.67. The second kappa shape index (κ2) is 9.23. The number of benzene rings is 1. The number of hydrogen-bond donors (Lipinski definition) is 1. The van der Waals surface area contributed by atoms with Crippen molar-refractivity contribution in [3.63, 3.8) is 0 Å². The van der Waals surface area contributed by atoms with E-state index in [0.717, 1.165) is 43.3 Å². The van der Waals surface area contributed by atoms with E-state index in [4.69, 9.17) is 4.42 Å². The summed E-state index contributed by atoms with van der Waals surface area (Å²) < 4.78 is 5.09. The molecule has 2 amide bonds. The molecule has 1 N–H and O–H groups in total. The molecule has 0 spiro atoms. The molecule has 0 bridgehead atoms. The molecule has 1 fully saturated rings. The number of nitrogens with one attached hydrogen (secondary N) is 1. The maximum atomic E-state index is 12.9. The summed E-state index contributed by atoms with van der Waals surface area (Å²) in [4.78, 5) is 33.8. The second-order valence-electron chi connectivity index (χ2n) is 7.29. The molecule has 3 aromatic rings. The third-order valence-electron chi connectivity index (χ3n) is 5.06. The van der Waals surface area contributed by atoms with Gasteiger partial charge in [0.15, 0.2) is 5.76 Å². The maximum Gasteiger partial charge on any atom is 0.291 e. The van der Waals surface area contributed by atoms with Crippen LogP contribution in [0.25, 0.3) is 0 Å². The molecule has 156 valence electrons. The van der Waals surface area contributed by atoms with E-state index in [1.54, 1.807) is 47.7 Å². The zero-order chi connectivity index (χ0) is 20.9. The fourth-order valence-electron chi connectivity index (χ4n) is 3.52. The fourth-order valence-corrected chi connectivity index (χ4v) is 4.13. The molecule has 0 saturated carbocycles. The second-order valence-corrected chi connectivity index (χ2v) is 8.35. The Balaban J connectivity index is 1.33. The quantitative estimate of drug-likeness (QED) is 0.676. The number of hydrogen-bond acceptors (Lipinski definition) is 6. The number of aromatic nitrogens is 1. The molecule has 1 aliphatic heterocycles. The van der Waals surface area contributed by atoms with Crippen molar-refractivity contribution in [3.05, 3.63) is 70.1 Å². The number of nitrogens with zero attached hydrogens (tertiary/aromatic N) is 3. The molecule has 2 aromatic heterocycles. The van der Waals surface area contributed by atoms with Crippen LogP contribution >= 0.6 is 11.3 Å². The van der Waals surface area contributed by atoms with E-state index in [2.05, 4.69) is 20.6 Å². The van der Waals surface area contributed by atoms with Gasteiger partial charge in [-0.05, 0) is 49.7 Å². The van der Waals surface area contributed by atoms with Crippen LogP contribution < -0.4 is 5.32 Å². The molecule has 0 aliphatic carbocycles. The Hall–Kier alpha value is -2.97. The number of carbonyl (C=O) groups is 2. The van der Waals surface area contributed by atoms with Gasteiger partial charge in [-0.2, -0.15) is 0 Å². The summed E-state index contributed by atoms with van der Waals surface area (Å²) in [5, 5.41) is 5.95. The SMILES string of the molecule is Cc1nc(CN2CCCN(C(=O)c3ccc(NC(=O)c4ccco4)cc3)CC2)cs1. The number of thiazole rings is 1. The molecule has 1 aromatic carbocycles. The van der Waals surface area contributed by atoms with Crippen molar-refractivity contribution in [1.29, 1.82) is 0 Å². The molecule has 8 heteroatoms. The van der Waals surface area contributed by atoms with Gasteiger partial charge in [0, 0.05) is 49.4 Å². The van der Waals surface area contributed by atoms with Crippen LogP contribution in [0.2, 0.25) is 0 Å². The summed E-state index contributed by atoms with van der Waals surface area (Å²) in [6.07, 6.45) is 2.39. The van der Waals surface area contributed by atoms with Gasteiger partial charge >= 0.3 is 0 Å². The van der Waals surface area contributed by atoms with Gasteiger partial charge in [-0.3, -0.25) is 14.5 Å². The van der Waals surface area contributed by atoms with Crippen molar-refractivity contribution in [2.24, 2.45) is 0 Å². The van der Waals surface area contributed by atoms with E-state index in [1.165, 1.54) is 6.26 Å². The average molecular weight is 425 g/mol. The topological polar surface area (TPSA) is 78.7 Å². The Morgan fingerprint density at radius 1 is 1.13 bits per heavy atom. The molecule has 0 radical (unpaired) electrons. The fraction of sp³-hybridized carbons (Fsp3) is 0.318. The number of carbonyl (C=O) groups excluding carboxylic acids is 2. The van der Waals surface area contributed by atoms with Crippen molar-refractivity contribution < 1.29 is 14.0 Å². The molecule has 0 atom stereocenters. The van der Waals surface area contributed by atoms with Crippen LogP contribution in [0.5, 0.6) is 0 Å². The molecular formula is C22H24N4O3S. The van der Waals surface area contributed by atoms with Crippen LogP contribution in [0.15, 0.2) is 52.5 Å². The smallest absolute Gasteiger partial charge is 0.291 e. The van der Waals surface area contributed by atoms with E-state index < -0.39 is 0 Å². The van der Waals surface area contributed by atoms with E-state index in [-0.39, 0.29) is 17.6 Å². The van der Waals surface area contributed by atoms with Gasteiger partial charge in [-0.15, -0.1) is 11.3 Å². The minimum absolute atomic E-state index is 0.0188. The molecule has 4 rings (SSSR count). The third kappa shape index (κ3) is 4.95. The Morgan fingerprint density at radius 3 is 2.67 bits per heavy atom. The van der Waals surface area contributed by atoms with Crippen LogP contribution in [0.4, 0.5) is 5.69 Å². The highest BCUT2D eigenvalue weighted by Gasteiger charge is 2.21. The first-order valence-corrected chi connectivity index (χ1v) is 10.8. The van der Waals surface area contributed by atoms with Crippen LogP contribution in [-0.2, 0) is 6.54 Å². The highest BCUT2D eigenvalue weighted by molar-refractivity contribution is 7.09. The van der Waals surface area contributed by atoms with E-state index >= 15 is 0 Å². The number of aryl methyl sites for hydroxylation is 1. The van der Waals surface area contributed by atoms with Gasteiger partial charge < -0.3 is 14.6 Å². The Kier molecular flexibility index (Phi) is 6.25. The Bertz CT molecular complexity index is 998. The summed E-state index contributed by atoms with van der Waals surface area (Å²) in [5.41, 5.74) is 2.34. The van der Waals surface area contributed by atoms with Crippen LogP contribution in [0.1, 0.15) is 38.0 Å². The molecule has 1 saturated heterocycles. The van der Waals surface area contributed by atoms with Gasteiger partial charge in [0.2, 0.25) is 0 Å². The molecule has 0 unspecified atom stereocenters. The maximum absolute atomic E-state index is 12.9. The highest BCUT2D eigenvalue weighted by atomic mass is 32.1. The first-order chi connectivity index (χ1) is 14.6. The molecule has 30 heavy (non-hydrogen) atoms. The van der Waals surface area contributed by atoms with Crippen LogP contribution in [-0.4, -0.2) is 52.8 Å². The summed E-state index contributed by atoms with van der Waals surface area (Å²) in [6.45, 7) is 6.07. The zero-order valence-electron chi connectivity index (χ0n) is 16.8. The molecule has 3 heterocycles. The lowest BCUT2D eigenvalue weighted by atomic mass is 10.1. The summed E-state index contributed by atoms with van der Waals surface area (Å²) in [5.74, 6) is -0.0515. The summed E-state index contributed by atoms with van der Waals surface area (Å²) in [7, 11) is 0. The van der Waals surface area contributed by atoms with Gasteiger partial charge in [0.1, 0.15) is 0 Å². The average Bonchev–Trinajstić information content (AvgIpc) is 3.37. The van der Waals surface area contributed by atoms with Gasteiger partial charge in [-0.1, -0.05) is 0 Å². The van der Waals surface area contributed by atoms with Gasteiger partial charge in [-0.25, -0.2) is 4.98 Å². The predicted octanol–water partition coefficient (Wildman–Crippen LogP) is 3.64. The van der Waals surface area contributed by atoms with E-state index in [9.17, 15) is 9.59 Å². The number of furan rings is 1. The van der Waals surface area contributed by atoms with Crippen molar-refractivity contribution in [2.45, 2.75) is 19.9 Å². The number of anilines is 1. The first-order valence-electron chi connectivity index (χ1n) is 9.96. The standard InChI is InChI=1S/C22H24N4O3S/c1-16-23-19(15-30-16)14-25-9-3-10-26(12-11-25)22(28)17-5-7-18(8-6-17)24-21(27)20-4-2-13-29-20/h2,4-8,13,15H,3,9-12,14H2,1H3,(H,24,27). The minimum Gasteiger partial charge on any atom is -0.459 e. The van der Waals surface area contributed by atoms with E-state index in [1.807, 2.05) is 11.8 Å². The van der Waals surface area contributed by atoms with Crippen molar-refractivity contribution in [1.82, 2.24) is 14.8 Å². The molecule has 1 aliphatic rings. The lowest BCUT2D eigenvalue weighted by Crippen LogP contribution is -2.35. The molecule has 7 nitrogen and oxygen atoms in total. The van der Waals surface area contributed by atoms with Crippen LogP contribution in [0.3, 0.4) is 0 Å². The predicted molar refractivity (Wildman–Crippen MR) is 116 cm³/mol. The normalized spacial score (nSPS) is 15.0. The largest absolute Gasteiger partial charge is 0.459 e. The third-order valence-corrected chi connectivity index (χ3v) is 5.88. The Morgan fingerprint density at radius 2 is 1.97 bits per heavy atom.